The van der Waals surface area contributed by atoms with Gasteiger partial charge in [-0.15, -0.1) is 0 Å². The van der Waals surface area contributed by atoms with E-state index in [1.807, 2.05) is 37.3 Å². The van der Waals surface area contributed by atoms with Crippen LogP contribution in [-0.2, 0) is 19.6 Å². The minimum Gasteiger partial charge on any atom is -0.289 e. The summed E-state index contributed by atoms with van der Waals surface area (Å²) in [5, 5.41) is 7.29. The van der Waals surface area contributed by atoms with Crippen LogP contribution < -0.4 is 0 Å². The molecule has 1 N–H and O–H groups in total. The fraction of sp³-hybridized carbons (Fsp3) is 0.222. The molecule has 0 bridgehead atoms. The van der Waals surface area contributed by atoms with E-state index in [1.165, 1.54) is 17.7 Å². The zero-order chi connectivity index (χ0) is 16.1. The van der Waals surface area contributed by atoms with Crippen LogP contribution in [0.4, 0.5) is 4.39 Å². The molecule has 0 atom stereocenters. The van der Waals surface area contributed by atoms with E-state index in [9.17, 15) is 4.39 Å². The number of nitrogens with zero attached hydrogens (tertiary/aromatic N) is 3. The van der Waals surface area contributed by atoms with Crippen molar-refractivity contribution in [3.8, 4) is 0 Å². The van der Waals surface area contributed by atoms with Crippen LogP contribution in [0.3, 0.4) is 0 Å². The third-order valence-corrected chi connectivity index (χ3v) is 3.62. The van der Waals surface area contributed by atoms with E-state index >= 15 is 0 Å². The fourth-order valence-electron chi connectivity index (χ4n) is 2.55. The van der Waals surface area contributed by atoms with E-state index in [1.54, 1.807) is 12.4 Å². The zero-order valence-electron chi connectivity index (χ0n) is 13.0. The third kappa shape index (κ3) is 4.47. The quantitative estimate of drug-likeness (QED) is 0.758. The predicted octanol–water partition coefficient (Wildman–Crippen LogP) is 3.45. The Labute approximate surface area is 135 Å². The number of aromatic amines is 1. The van der Waals surface area contributed by atoms with Crippen molar-refractivity contribution in [1.82, 2.24) is 20.1 Å². The Kier molecular flexibility index (Phi) is 4.78. The average Bonchev–Trinajstić information content (AvgIpc) is 2.95. The largest absolute Gasteiger partial charge is 0.289 e. The molecule has 0 aliphatic rings. The lowest BCUT2D eigenvalue weighted by molar-refractivity contribution is 0.244. The molecule has 0 fully saturated rings. The molecule has 0 aliphatic carbocycles. The second kappa shape index (κ2) is 7.15. The normalized spacial score (nSPS) is 11.1. The van der Waals surface area contributed by atoms with E-state index in [2.05, 4.69) is 20.1 Å². The number of nitrogens with one attached hydrogen (secondary N) is 1. The number of H-pyrrole nitrogens is 1. The minimum atomic E-state index is -0.211. The Morgan fingerprint density at radius 2 is 1.61 bits per heavy atom. The highest BCUT2D eigenvalue weighted by molar-refractivity contribution is 5.17. The molecular weight excluding hydrogens is 291 g/mol. The number of aromatic nitrogens is 3. The topological polar surface area (TPSA) is 44.8 Å². The highest BCUT2D eigenvalue weighted by atomic mass is 19.1. The van der Waals surface area contributed by atoms with Crippen molar-refractivity contribution in [2.45, 2.75) is 26.6 Å². The highest BCUT2D eigenvalue weighted by Crippen LogP contribution is 2.14. The maximum atomic E-state index is 13.1. The third-order valence-electron chi connectivity index (χ3n) is 3.62. The van der Waals surface area contributed by atoms with Gasteiger partial charge in [-0.25, -0.2) is 4.39 Å². The molecule has 2 aromatic heterocycles. The van der Waals surface area contributed by atoms with Gasteiger partial charge >= 0.3 is 0 Å². The van der Waals surface area contributed by atoms with Crippen molar-refractivity contribution in [2.24, 2.45) is 0 Å². The summed E-state index contributed by atoms with van der Waals surface area (Å²) in [7, 11) is 0. The van der Waals surface area contributed by atoms with Gasteiger partial charge in [0, 0.05) is 37.7 Å². The summed E-state index contributed by atoms with van der Waals surface area (Å²) in [5.74, 6) is -0.211. The lowest BCUT2D eigenvalue weighted by Crippen LogP contribution is -2.22. The Morgan fingerprint density at radius 1 is 0.957 bits per heavy atom. The number of pyridine rings is 1. The number of hydrogen-bond acceptors (Lipinski definition) is 3. The van der Waals surface area contributed by atoms with E-state index in [0.717, 1.165) is 36.6 Å². The molecule has 0 amide bonds. The molecule has 23 heavy (non-hydrogen) atoms. The van der Waals surface area contributed by atoms with Crippen molar-refractivity contribution in [1.29, 1.82) is 0 Å². The molecule has 4 nitrogen and oxygen atoms in total. The maximum Gasteiger partial charge on any atom is 0.123 e. The first-order chi connectivity index (χ1) is 11.2. The average molecular weight is 310 g/mol. The molecular formula is C18H19FN4. The molecule has 0 unspecified atom stereocenters. The molecule has 3 rings (SSSR count). The molecule has 2 heterocycles. The van der Waals surface area contributed by atoms with Gasteiger partial charge in [0.1, 0.15) is 5.82 Å². The van der Waals surface area contributed by atoms with Crippen LogP contribution in [0.2, 0.25) is 0 Å². The van der Waals surface area contributed by atoms with Crippen LogP contribution >= 0.6 is 0 Å². The molecule has 1 aromatic carbocycles. The van der Waals surface area contributed by atoms with Crippen LogP contribution in [-0.4, -0.2) is 20.1 Å². The van der Waals surface area contributed by atoms with Crippen molar-refractivity contribution in [3.63, 3.8) is 0 Å². The van der Waals surface area contributed by atoms with Crippen molar-refractivity contribution in [3.05, 3.63) is 83.2 Å². The Morgan fingerprint density at radius 3 is 2.22 bits per heavy atom. The van der Waals surface area contributed by atoms with Gasteiger partial charge in [-0.1, -0.05) is 12.1 Å². The summed E-state index contributed by atoms with van der Waals surface area (Å²) >= 11 is 0. The molecule has 0 saturated carbocycles. The standard InChI is InChI=1S/C18H19FN4/c1-14-10-18(22-21-14)13-23(12-16-6-8-20-9-7-16)11-15-2-4-17(19)5-3-15/h2-10H,11-13H2,1H3,(H,21,22). The van der Waals surface area contributed by atoms with Crippen LogP contribution in [0.15, 0.2) is 54.9 Å². The number of hydrogen-bond donors (Lipinski definition) is 1. The van der Waals surface area contributed by atoms with E-state index in [-0.39, 0.29) is 5.82 Å². The van der Waals surface area contributed by atoms with E-state index in [0.29, 0.717) is 0 Å². The van der Waals surface area contributed by atoms with Crippen LogP contribution in [0, 0.1) is 12.7 Å². The zero-order valence-corrected chi connectivity index (χ0v) is 13.0. The molecule has 0 spiro atoms. The van der Waals surface area contributed by atoms with Crippen molar-refractivity contribution >= 4 is 0 Å². The van der Waals surface area contributed by atoms with Gasteiger partial charge in [0.25, 0.3) is 0 Å². The Bertz CT molecular complexity index is 737. The summed E-state index contributed by atoms with van der Waals surface area (Å²) in [4.78, 5) is 6.33. The minimum absolute atomic E-state index is 0.211. The highest BCUT2D eigenvalue weighted by Gasteiger charge is 2.10. The lowest BCUT2D eigenvalue weighted by Gasteiger charge is -2.21. The SMILES string of the molecule is Cc1cc(CN(Cc2ccncc2)Cc2ccc(F)cc2)n[nH]1. The number of rotatable bonds is 6. The molecule has 0 radical (unpaired) electrons. The van der Waals surface area contributed by atoms with E-state index < -0.39 is 0 Å². The van der Waals surface area contributed by atoms with Gasteiger partial charge in [0.05, 0.1) is 5.69 Å². The Balaban J connectivity index is 1.75. The fourth-order valence-corrected chi connectivity index (χ4v) is 2.55. The van der Waals surface area contributed by atoms with E-state index in [4.69, 9.17) is 0 Å². The number of benzene rings is 1. The molecule has 0 aliphatic heterocycles. The molecule has 118 valence electrons. The smallest absolute Gasteiger partial charge is 0.123 e. The summed E-state index contributed by atoms with van der Waals surface area (Å²) in [6.07, 6.45) is 3.59. The van der Waals surface area contributed by atoms with Gasteiger partial charge in [-0.05, 0) is 48.4 Å². The van der Waals surface area contributed by atoms with Crippen molar-refractivity contribution in [2.75, 3.05) is 0 Å². The first-order valence-corrected chi connectivity index (χ1v) is 7.55. The molecule has 5 heteroatoms. The summed E-state index contributed by atoms with van der Waals surface area (Å²) in [5.41, 5.74) is 4.31. The summed E-state index contributed by atoms with van der Waals surface area (Å²) in [6.45, 7) is 4.23. The summed E-state index contributed by atoms with van der Waals surface area (Å²) in [6, 6.07) is 12.7. The van der Waals surface area contributed by atoms with Gasteiger partial charge < -0.3 is 0 Å². The lowest BCUT2D eigenvalue weighted by atomic mass is 10.1. The molecule has 0 saturated heterocycles. The van der Waals surface area contributed by atoms with Crippen molar-refractivity contribution < 1.29 is 4.39 Å². The monoisotopic (exact) mass is 310 g/mol. The first kappa shape index (κ1) is 15.4. The van der Waals surface area contributed by atoms with Gasteiger partial charge in [0.2, 0.25) is 0 Å². The number of aryl methyl sites for hydroxylation is 1. The Hall–Kier alpha value is -2.53. The van der Waals surface area contributed by atoms with Crippen LogP contribution in [0.5, 0.6) is 0 Å². The van der Waals surface area contributed by atoms with Gasteiger partial charge in [0.15, 0.2) is 0 Å². The first-order valence-electron chi connectivity index (χ1n) is 7.55. The predicted molar refractivity (Wildman–Crippen MR) is 86.9 cm³/mol. The maximum absolute atomic E-state index is 13.1. The van der Waals surface area contributed by atoms with Crippen LogP contribution in [0.25, 0.3) is 0 Å². The second-order valence-electron chi connectivity index (χ2n) is 5.67. The van der Waals surface area contributed by atoms with Crippen LogP contribution in [0.1, 0.15) is 22.5 Å². The number of halogens is 1. The van der Waals surface area contributed by atoms with Gasteiger partial charge in [-0.2, -0.15) is 5.10 Å². The second-order valence-corrected chi connectivity index (χ2v) is 5.67. The summed E-state index contributed by atoms with van der Waals surface area (Å²) < 4.78 is 13.1. The van der Waals surface area contributed by atoms with Gasteiger partial charge in [-0.3, -0.25) is 15.0 Å². The molecule has 3 aromatic rings.